The molecule has 0 fully saturated rings. The highest BCUT2D eigenvalue weighted by Crippen LogP contribution is 2.32. The molecule has 2 rings (SSSR count). The van der Waals surface area contributed by atoms with Gasteiger partial charge < -0.3 is 19.6 Å². The number of anilines is 2. The molecule has 0 saturated heterocycles. The van der Waals surface area contributed by atoms with Gasteiger partial charge in [-0.15, -0.1) is 0 Å². The van der Waals surface area contributed by atoms with Gasteiger partial charge in [0.1, 0.15) is 0 Å². The monoisotopic (exact) mass is 496 g/mol. The Morgan fingerprint density at radius 1 is 0.583 bits per heavy atom. The molecule has 2 N–H and O–H groups in total. The lowest BCUT2D eigenvalue weighted by Gasteiger charge is -2.31. The molecule has 198 valence electrons. The van der Waals surface area contributed by atoms with Crippen molar-refractivity contribution < 1.29 is 18.6 Å². The van der Waals surface area contributed by atoms with E-state index in [0.29, 0.717) is 13.1 Å². The fourth-order valence-electron chi connectivity index (χ4n) is 4.60. The second kappa shape index (κ2) is 12.0. The molecule has 0 atom stereocenters. The van der Waals surface area contributed by atoms with E-state index in [1.165, 1.54) is 0 Å². The number of nitrogens with one attached hydrogen (secondary N) is 2. The minimum Gasteiger partial charge on any atom is -0.321 e. The summed E-state index contributed by atoms with van der Waals surface area (Å²) in [5.41, 5.74) is 8.19. The van der Waals surface area contributed by atoms with Gasteiger partial charge in [-0.25, -0.2) is 0 Å². The zero-order valence-corrected chi connectivity index (χ0v) is 24.3. The van der Waals surface area contributed by atoms with Gasteiger partial charge in [-0.05, 0) is 113 Å². The van der Waals surface area contributed by atoms with Crippen LogP contribution in [0.4, 0.5) is 11.4 Å². The van der Waals surface area contributed by atoms with E-state index in [4.69, 9.17) is 0 Å². The first kappa shape index (κ1) is 29.5. The molecule has 0 heterocycles. The number of nitrogens with zero attached hydrogens (tertiary/aromatic N) is 2. The van der Waals surface area contributed by atoms with Gasteiger partial charge in [0.25, 0.3) is 11.8 Å². The van der Waals surface area contributed by atoms with E-state index in [2.05, 4.69) is 76.7 Å². The molecule has 6 nitrogen and oxygen atoms in total. The molecule has 0 bridgehead atoms. The van der Waals surface area contributed by atoms with Gasteiger partial charge >= 0.3 is 0 Å². The molecule has 0 unspecified atom stereocenters. The highest BCUT2D eigenvalue weighted by molar-refractivity contribution is 5.95. The number of aryl methyl sites for hydroxylation is 4. The zero-order valence-electron chi connectivity index (χ0n) is 24.3. The molecular formula is C30H48N4O2+2. The van der Waals surface area contributed by atoms with Gasteiger partial charge in [-0.3, -0.25) is 9.59 Å². The van der Waals surface area contributed by atoms with Gasteiger partial charge in [0.15, 0.2) is 13.1 Å². The number of carbonyl (C=O) groups excluding carboxylic acids is 2. The highest BCUT2D eigenvalue weighted by Gasteiger charge is 2.23. The maximum Gasteiger partial charge on any atom is 0.279 e. The van der Waals surface area contributed by atoms with E-state index in [-0.39, 0.29) is 11.8 Å². The summed E-state index contributed by atoms with van der Waals surface area (Å²) in [4.78, 5) is 25.6. The fraction of sp³-hybridized carbons (Fsp3) is 0.533. The second-order valence-electron chi connectivity index (χ2n) is 10.9. The van der Waals surface area contributed by atoms with Gasteiger partial charge in [-0.2, -0.15) is 0 Å². The van der Waals surface area contributed by atoms with Crippen molar-refractivity contribution in [3.05, 3.63) is 46.5 Å². The predicted octanol–water partition coefficient (Wildman–Crippen LogP) is 5.44. The van der Waals surface area contributed by atoms with Crippen LogP contribution in [0.3, 0.4) is 0 Å². The molecule has 0 aliphatic rings. The smallest absolute Gasteiger partial charge is 0.279 e. The number of hydrogen-bond acceptors (Lipinski definition) is 2. The van der Waals surface area contributed by atoms with Crippen LogP contribution in [0.1, 0.15) is 49.9 Å². The zero-order chi connectivity index (χ0) is 27.3. The molecule has 0 saturated carbocycles. The second-order valence-corrected chi connectivity index (χ2v) is 10.9. The van der Waals surface area contributed by atoms with Crippen molar-refractivity contribution in [2.45, 2.75) is 55.4 Å². The summed E-state index contributed by atoms with van der Waals surface area (Å²) < 4.78 is 1.44. The summed E-state index contributed by atoms with van der Waals surface area (Å²) in [6, 6.07) is 8.53. The standard InChI is InChI=1S/C30H46N4O2/c1-11-33(9,12-2)19-27(35)31-29-21(5)15-25(16-22(29)6)26-17-23(7)30(24(8)18-26)32-28(36)20-34(10,13-3)14-4/h15-18H,11-14,19-20H2,1-10H3/p+2. The number of likely N-dealkylation sites (N-methyl/N-ethyl adjacent to an activating group) is 2. The van der Waals surface area contributed by atoms with E-state index >= 15 is 0 Å². The molecule has 0 radical (unpaired) electrons. The molecule has 2 aromatic carbocycles. The Hall–Kier alpha value is -2.70. The molecule has 2 aromatic rings. The van der Waals surface area contributed by atoms with Gasteiger partial charge in [-0.1, -0.05) is 0 Å². The summed E-state index contributed by atoms with van der Waals surface area (Å²) in [7, 11) is 4.23. The largest absolute Gasteiger partial charge is 0.321 e. The number of hydrogen-bond donors (Lipinski definition) is 2. The summed E-state index contributed by atoms with van der Waals surface area (Å²) in [5, 5.41) is 6.32. The van der Waals surface area contributed by atoms with E-state index in [0.717, 1.165) is 79.9 Å². The van der Waals surface area contributed by atoms with Crippen molar-refractivity contribution in [2.75, 3.05) is 64.0 Å². The minimum atomic E-state index is 0.0489. The highest BCUT2D eigenvalue weighted by atomic mass is 16.2. The van der Waals surface area contributed by atoms with Crippen molar-refractivity contribution in [2.24, 2.45) is 0 Å². The average molecular weight is 497 g/mol. The summed E-state index contributed by atoms with van der Waals surface area (Å²) in [5.74, 6) is 0.0978. The van der Waals surface area contributed by atoms with Crippen LogP contribution >= 0.6 is 0 Å². The fourth-order valence-corrected chi connectivity index (χ4v) is 4.60. The average Bonchev–Trinajstić information content (AvgIpc) is 2.83. The Morgan fingerprint density at radius 2 is 0.833 bits per heavy atom. The molecule has 6 heteroatoms. The molecule has 0 aliphatic carbocycles. The van der Waals surface area contributed by atoms with E-state index in [9.17, 15) is 9.59 Å². The normalized spacial score (nSPS) is 11.9. The third-order valence-electron chi connectivity index (χ3n) is 8.03. The maximum absolute atomic E-state index is 12.8. The van der Waals surface area contributed by atoms with Crippen LogP contribution in [0.2, 0.25) is 0 Å². The summed E-state index contributed by atoms with van der Waals surface area (Å²) in [6.07, 6.45) is 0. The van der Waals surface area contributed by atoms with Crippen molar-refractivity contribution in [1.82, 2.24) is 0 Å². The quantitative estimate of drug-likeness (QED) is 0.407. The van der Waals surface area contributed by atoms with Crippen LogP contribution in [0.25, 0.3) is 11.1 Å². The van der Waals surface area contributed by atoms with E-state index < -0.39 is 0 Å². The van der Waals surface area contributed by atoms with Crippen molar-refractivity contribution >= 4 is 23.2 Å². The lowest BCUT2D eigenvalue weighted by Crippen LogP contribution is -2.48. The SMILES string of the molecule is CC[N+](C)(CC)CC(=O)Nc1c(C)cc(-c2cc(C)c(NC(=O)C[N+](C)(CC)CC)c(C)c2)cc1C. The van der Waals surface area contributed by atoms with Crippen LogP contribution in [0.15, 0.2) is 24.3 Å². The van der Waals surface area contributed by atoms with Crippen LogP contribution < -0.4 is 10.6 Å². The molecule has 0 spiro atoms. The Morgan fingerprint density at radius 3 is 1.06 bits per heavy atom. The number of quaternary nitrogens is 2. The molecule has 36 heavy (non-hydrogen) atoms. The Kier molecular flexibility index (Phi) is 9.86. The first-order valence-corrected chi connectivity index (χ1v) is 13.3. The lowest BCUT2D eigenvalue weighted by molar-refractivity contribution is -0.898. The number of rotatable bonds is 11. The molecule has 0 aliphatic heterocycles. The van der Waals surface area contributed by atoms with Crippen molar-refractivity contribution in [3.63, 3.8) is 0 Å². The van der Waals surface area contributed by atoms with Crippen LogP contribution in [-0.4, -0.2) is 74.1 Å². The Balaban J connectivity index is 2.27. The molecular weight excluding hydrogens is 448 g/mol. The summed E-state index contributed by atoms with van der Waals surface area (Å²) >= 11 is 0. The summed E-state index contributed by atoms with van der Waals surface area (Å²) in [6.45, 7) is 21.3. The van der Waals surface area contributed by atoms with Crippen LogP contribution in [0, 0.1) is 27.7 Å². The minimum absolute atomic E-state index is 0.0489. The van der Waals surface area contributed by atoms with Crippen molar-refractivity contribution in [3.8, 4) is 11.1 Å². The molecule has 0 aromatic heterocycles. The van der Waals surface area contributed by atoms with E-state index in [1.54, 1.807) is 0 Å². The maximum atomic E-state index is 12.8. The number of amides is 2. The third-order valence-corrected chi connectivity index (χ3v) is 8.03. The number of carbonyl (C=O) groups is 2. The lowest BCUT2D eigenvalue weighted by atomic mass is 9.95. The first-order chi connectivity index (χ1) is 16.8. The van der Waals surface area contributed by atoms with Crippen LogP contribution in [0.5, 0.6) is 0 Å². The Bertz CT molecular complexity index is 965. The van der Waals surface area contributed by atoms with Crippen LogP contribution in [-0.2, 0) is 9.59 Å². The van der Waals surface area contributed by atoms with Gasteiger partial charge in [0.05, 0.1) is 40.3 Å². The number of benzene rings is 2. The third kappa shape index (κ3) is 7.17. The van der Waals surface area contributed by atoms with Crippen molar-refractivity contribution in [1.29, 1.82) is 0 Å². The Labute approximate surface area is 218 Å². The van der Waals surface area contributed by atoms with Gasteiger partial charge in [0.2, 0.25) is 0 Å². The van der Waals surface area contributed by atoms with E-state index in [1.807, 2.05) is 27.7 Å². The van der Waals surface area contributed by atoms with Gasteiger partial charge in [0, 0.05) is 11.4 Å². The topological polar surface area (TPSA) is 58.2 Å². The molecule has 2 amide bonds. The first-order valence-electron chi connectivity index (χ1n) is 13.3. The predicted molar refractivity (Wildman–Crippen MR) is 152 cm³/mol.